The van der Waals surface area contributed by atoms with Gasteiger partial charge in [0.25, 0.3) is 0 Å². The normalized spacial score (nSPS) is 18.7. The highest BCUT2D eigenvalue weighted by molar-refractivity contribution is 9.10. The number of halogens is 2. The summed E-state index contributed by atoms with van der Waals surface area (Å²) in [6.45, 7) is 0.00605. The first-order valence-corrected chi connectivity index (χ1v) is 5.84. The molecule has 88 valence electrons. The molecular weight excluding hydrogens is 293 g/mol. The van der Waals surface area contributed by atoms with E-state index in [4.69, 9.17) is 9.47 Å². The summed E-state index contributed by atoms with van der Waals surface area (Å²) in [5.74, 6) is -0.0528. The van der Waals surface area contributed by atoms with Gasteiger partial charge in [-0.2, -0.15) is 4.99 Å². The molecule has 1 fully saturated rings. The molecule has 6 heteroatoms. The fourth-order valence-electron chi connectivity index (χ4n) is 2.02. The summed E-state index contributed by atoms with van der Waals surface area (Å²) < 4.78 is 25.0. The van der Waals surface area contributed by atoms with Crippen LogP contribution >= 0.6 is 15.9 Å². The maximum atomic E-state index is 14.3. The Balaban J connectivity index is 2.21. The molecular formula is C11H7BrFNO3. The van der Waals surface area contributed by atoms with E-state index < -0.39 is 11.4 Å². The highest BCUT2D eigenvalue weighted by Crippen LogP contribution is 2.55. The number of ether oxygens (including phenoxy) is 2. The highest BCUT2D eigenvalue weighted by atomic mass is 79.9. The summed E-state index contributed by atoms with van der Waals surface area (Å²) >= 11 is 3.28. The summed E-state index contributed by atoms with van der Waals surface area (Å²) in [4.78, 5) is 14.1. The summed E-state index contributed by atoms with van der Waals surface area (Å²) in [5.41, 5.74) is -0.420. The number of carbonyl (C=O) groups excluding carboxylic acids is 1. The van der Waals surface area contributed by atoms with Gasteiger partial charge in [0.15, 0.2) is 11.6 Å². The average molecular weight is 300 g/mol. The molecule has 0 unspecified atom stereocenters. The number of rotatable bonds is 2. The van der Waals surface area contributed by atoms with Gasteiger partial charge in [-0.15, -0.1) is 0 Å². The fraction of sp³-hybridized carbons (Fsp3) is 0.364. The molecule has 0 atom stereocenters. The van der Waals surface area contributed by atoms with Crippen LogP contribution in [0.25, 0.3) is 0 Å². The monoisotopic (exact) mass is 299 g/mol. The first-order valence-electron chi connectivity index (χ1n) is 5.05. The van der Waals surface area contributed by atoms with E-state index in [1.165, 1.54) is 6.08 Å². The van der Waals surface area contributed by atoms with Crippen molar-refractivity contribution in [1.82, 2.24) is 0 Å². The lowest BCUT2D eigenvalue weighted by Gasteiger charge is -2.13. The topological polar surface area (TPSA) is 47.9 Å². The van der Waals surface area contributed by atoms with Crippen LogP contribution in [0, 0.1) is 5.82 Å². The molecule has 1 aliphatic carbocycles. The Kier molecular flexibility index (Phi) is 2.24. The van der Waals surface area contributed by atoms with E-state index in [1.54, 1.807) is 6.07 Å². The molecule has 0 saturated heterocycles. The zero-order valence-corrected chi connectivity index (χ0v) is 10.2. The summed E-state index contributed by atoms with van der Waals surface area (Å²) in [7, 11) is 0. The lowest BCUT2D eigenvalue weighted by molar-refractivity contribution is 0.170. The lowest BCUT2D eigenvalue weighted by atomic mass is 10.0. The van der Waals surface area contributed by atoms with Gasteiger partial charge >= 0.3 is 0 Å². The number of isocyanates is 1. The van der Waals surface area contributed by atoms with Crippen LogP contribution in [0.1, 0.15) is 18.4 Å². The number of benzene rings is 1. The van der Waals surface area contributed by atoms with E-state index in [1.807, 2.05) is 0 Å². The van der Waals surface area contributed by atoms with Crippen molar-refractivity contribution in [2.45, 2.75) is 18.4 Å². The second kappa shape index (κ2) is 3.55. The Morgan fingerprint density at radius 1 is 1.47 bits per heavy atom. The molecule has 0 amide bonds. The van der Waals surface area contributed by atoms with Crippen molar-refractivity contribution in [3.63, 3.8) is 0 Å². The summed E-state index contributed by atoms with van der Waals surface area (Å²) in [6.07, 6.45) is 2.78. The molecule has 1 saturated carbocycles. The Labute approximate surface area is 105 Å². The predicted molar refractivity (Wildman–Crippen MR) is 59.3 cm³/mol. The molecule has 0 aromatic heterocycles. The molecule has 4 nitrogen and oxygen atoms in total. The van der Waals surface area contributed by atoms with Gasteiger partial charge in [-0.05, 0) is 18.9 Å². The van der Waals surface area contributed by atoms with Gasteiger partial charge in [-0.3, -0.25) is 0 Å². The van der Waals surface area contributed by atoms with Crippen LogP contribution in [-0.2, 0) is 10.3 Å². The molecule has 1 aromatic carbocycles. The van der Waals surface area contributed by atoms with Crippen LogP contribution in [-0.4, -0.2) is 12.9 Å². The van der Waals surface area contributed by atoms with Crippen molar-refractivity contribution in [1.29, 1.82) is 0 Å². The van der Waals surface area contributed by atoms with Gasteiger partial charge in [0.1, 0.15) is 5.54 Å². The first kappa shape index (κ1) is 10.7. The number of nitrogens with zero attached hydrogens (tertiary/aromatic N) is 1. The van der Waals surface area contributed by atoms with E-state index in [9.17, 15) is 9.18 Å². The molecule has 1 heterocycles. The molecule has 17 heavy (non-hydrogen) atoms. The second-order valence-electron chi connectivity index (χ2n) is 4.02. The molecule has 0 bridgehead atoms. The Hall–Kier alpha value is -1.39. The van der Waals surface area contributed by atoms with Gasteiger partial charge in [0.05, 0.1) is 0 Å². The third kappa shape index (κ3) is 1.48. The van der Waals surface area contributed by atoms with Gasteiger partial charge in [0.2, 0.25) is 18.6 Å². The maximum Gasteiger partial charge on any atom is 0.235 e. The molecule has 3 rings (SSSR count). The van der Waals surface area contributed by atoms with E-state index in [0.29, 0.717) is 28.6 Å². The molecule has 0 N–H and O–H groups in total. The van der Waals surface area contributed by atoms with E-state index >= 15 is 0 Å². The minimum Gasteiger partial charge on any atom is -0.453 e. The van der Waals surface area contributed by atoms with Crippen molar-refractivity contribution >= 4 is 22.0 Å². The van der Waals surface area contributed by atoms with E-state index in [2.05, 4.69) is 20.9 Å². The highest BCUT2D eigenvalue weighted by Gasteiger charge is 2.49. The van der Waals surface area contributed by atoms with Gasteiger partial charge in [-0.25, -0.2) is 9.18 Å². The number of fused-ring (bicyclic) bond motifs is 1. The molecule has 0 radical (unpaired) electrons. The van der Waals surface area contributed by atoms with Crippen LogP contribution in [0.3, 0.4) is 0 Å². The zero-order chi connectivity index (χ0) is 12.0. The third-order valence-electron chi connectivity index (χ3n) is 3.01. The van der Waals surface area contributed by atoms with Crippen molar-refractivity contribution in [2.24, 2.45) is 4.99 Å². The Morgan fingerprint density at radius 2 is 2.24 bits per heavy atom. The average Bonchev–Trinajstić information content (AvgIpc) is 2.89. The number of aliphatic imine (C=N–C) groups is 1. The van der Waals surface area contributed by atoms with Crippen molar-refractivity contribution < 1.29 is 18.7 Å². The predicted octanol–water partition coefficient (Wildman–Crippen LogP) is 2.64. The lowest BCUT2D eigenvalue weighted by Crippen LogP contribution is -2.07. The summed E-state index contributed by atoms with van der Waals surface area (Å²) in [5, 5.41) is 0. The minimum atomic E-state index is -0.772. The fourth-order valence-corrected chi connectivity index (χ4v) is 2.77. The molecule has 0 spiro atoms. The molecule has 1 aliphatic heterocycles. The number of hydrogen-bond donors (Lipinski definition) is 0. The van der Waals surface area contributed by atoms with Gasteiger partial charge in [0, 0.05) is 10.0 Å². The van der Waals surface area contributed by atoms with Crippen LogP contribution in [0.2, 0.25) is 0 Å². The molecule has 2 aliphatic rings. The third-order valence-corrected chi connectivity index (χ3v) is 3.63. The van der Waals surface area contributed by atoms with Crippen LogP contribution in [0.4, 0.5) is 4.39 Å². The van der Waals surface area contributed by atoms with Crippen molar-refractivity contribution in [3.05, 3.63) is 21.9 Å². The summed E-state index contributed by atoms with van der Waals surface area (Å²) in [6, 6.07) is 1.64. The largest absolute Gasteiger partial charge is 0.453 e. The van der Waals surface area contributed by atoms with Crippen LogP contribution < -0.4 is 9.47 Å². The number of hydrogen-bond acceptors (Lipinski definition) is 4. The van der Waals surface area contributed by atoms with E-state index in [-0.39, 0.29) is 12.5 Å². The smallest absolute Gasteiger partial charge is 0.235 e. The first-order chi connectivity index (χ1) is 8.18. The van der Waals surface area contributed by atoms with Crippen molar-refractivity contribution in [2.75, 3.05) is 6.79 Å². The minimum absolute atomic E-state index is 0.00605. The molecule has 1 aromatic rings. The van der Waals surface area contributed by atoms with Gasteiger partial charge < -0.3 is 9.47 Å². The van der Waals surface area contributed by atoms with Crippen LogP contribution in [0.15, 0.2) is 15.5 Å². The van der Waals surface area contributed by atoms with E-state index in [0.717, 1.165) is 0 Å². The SMILES string of the molecule is O=C=NC1(c2c(Br)cc3c(c2F)OCO3)CC1. The van der Waals surface area contributed by atoms with Crippen molar-refractivity contribution in [3.8, 4) is 11.5 Å². The Morgan fingerprint density at radius 3 is 2.88 bits per heavy atom. The second-order valence-corrected chi connectivity index (χ2v) is 4.87. The zero-order valence-electron chi connectivity index (χ0n) is 8.63. The maximum absolute atomic E-state index is 14.3. The van der Waals surface area contributed by atoms with Gasteiger partial charge in [-0.1, -0.05) is 15.9 Å². The van der Waals surface area contributed by atoms with Crippen LogP contribution in [0.5, 0.6) is 11.5 Å². The quantitative estimate of drug-likeness (QED) is 0.623. The standard InChI is InChI=1S/C11H7BrFNO3/c12-6-3-7-10(17-5-16-7)9(13)8(6)11(1-2-11)14-4-15/h3H,1-2,5H2. The Bertz CT molecular complexity index is 550.